The van der Waals surface area contributed by atoms with E-state index in [1.54, 1.807) is 25.3 Å². The summed E-state index contributed by atoms with van der Waals surface area (Å²) in [5, 5.41) is 8.76. The summed E-state index contributed by atoms with van der Waals surface area (Å²) in [6.45, 7) is 2.30. The predicted molar refractivity (Wildman–Crippen MR) is 81.6 cm³/mol. The predicted octanol–water partition coefficient (Wildman–Crippen LogP) is 1.73. The lowest BCUT2D eigenvalue weighted by atomic mass is 10.0. The summed E-state index contributed by atoms with van der Waals surface area (Å²) >= 11 is 0. The number of hydrogen-bond donors (Lipinski definition) is 3. The molecule has 0 aliphatic carbocycles. The van der Waals surface area contributed by atoms with Gasteiger partial charge in [-0.05, 0) is 37.6 Å². The second-order valence-electron chi connectivity index (χ2n) is 5.09. The average Bonchev–Trinajstić information content (AvgIpc) is 2.48. The van der Waals surface area contributed by atoms with Gasteiger partial charge in [0.25, 0.3) is 0 Å². The smallest absolute Gasteiger partial charge is 0.241 e. The van der Waals surface area contributed by atoms with Crippen LogP contribution in [0.25, 0.3) is 0 Å². The topological polar surface area (TPSA) is 79.5 Å². The van der Waals surface area contributed by atoms with Crippen LogP contribution in [0.15, 0.2) is 18.2 Å². The Morgan fingerprint density at radius 3 is 2.71 bits per heavy atom. The summed E-state index contributed by atoms with van der Waals surface area (Å²) in [5.74, 6) is 0.327. The van der Waals surface area contributed by atoms with E-state index in [0.29, 0.717) is 17.1 Å². The molecule has 1 saturated heterocycles. The molecule has 0 aromatic heterocycles. The van der Waals surface area contributed by atoms with Crippen molar-refractivity contribution in [1.82, 2.24) is 5.32 Å². The van der Waals surface area contributed by atoms with Crippen LogP contribution in [0.4, 0.5) is 11.4 Å². The van der Waals surface area contributed by atoms with E-state index >= 15 is 0 Å². The van der Waals surface area contributed by atoms with Gasteiger partial charge < -0.3 is 20.7 Å². The maximum Gasteiger partial charge on any atom is 0.241 e. The largest absolute Gasteiger partial charge is 0.495 e. The number of nitrogens with one attached hydrogen (secondary N) is 3. The molecule has 1 aromatic carbocycles. The first-order valence-corrected chi connectivity index (χ1v) is 7.10. The van der Waals surface area contributed by atoms with Crippen LogP contribution in [0.1, 0.15) is 26.2 Å². The molecular formula is C15H21N3O3. The quantitative estimate of drug-likeness (QED) is 0.789. The molecule has 6 nitrogen and oxygen atoms in total. The van der Waals surface area contributed by atoms with Gasteiger partial charge in [-0.2, -0.15) is 0 Å². The Morgan fingerprint density at radius 2 is 2.10 bits per heavy atom. The number of piperidine rings is 1. The minimum Gasteiger partial charge on any atom is -0.495 e. The van der Waals surface area contributed by atoms with Gasteiger partial charge >= 0.3 is 0 Å². The summed E-state index contributed by atoms with van der Waals surface area (Å²) in [6.07, 6.45) is 2.98. The third-order valence-electron chi connectivity index (χ3n) is 3.40. The molecule has 1 aliphatic heterocycles. The Morgan fingerprint density at radius 1 is 1.29 bits per heavy atom. The molecule has 2 rings (SSSR count). The number of carbonyl (C=O) groups excluding carboxylic acids is 2. The molecule has 0 saturated carbocycles. The van der Waals surface area contributed by atoms with Crippen molar-refractivity contribution in [3.63, 3.8) is 0 Å². The molecule has 1 fully saturated rings. The minimum absolute atomic E-state index is 0.0759. The maximum absolute atomic E-state index is 12.3. The van der Waals surface area contributed by atoms with E-state index in [0.717, 1.165) is 25.8 Å². The number of methoxy groups -OCH3 is 1. The molecule has 3 N–H and O–H groups in total. The van der Waals surface area contributed by atoms with Crippen molar-refractivity contribution in [1.29, 1.82) is 0 Å². The third kappa shape index (κ3) is 4.19. The van der Waals surface area contributed by atoms with Crippen molar-refractivity contribution in [2.24, 2.45) is 0 Å². The Kier molecular flexibility index (Phi) is 5.16. The van der Waals surface area contributed by atoms with Crippen LogP contribution in [-0.2, 0) is 9.59 Å². The average molecular weight is 291 g/mol. The molecule has 6 heteroatoms. The minimum atomic E-state index is -0.173. The summed E-state index contributed by atoms with van der Waals surface area (Å²) in [7, 11) is 1.54. The Hall–Kier alpha value is -2.08. The highest BCUT2D eigenvalue weighted by Crippen LogP contribution is 2.28. The van der Waals surface area contributed by atoms with E-state index < -0.39 is 0 Å². The van der Waals surface area contributed by atoms with Gasteiger partial charge in [0, 0.05) is 12.6 Å². The molecule has 114 valence electrons. The van der Waals surface area contributed by atoms with E-state index in [1.165, 1.54) is 6.92 Å². The van der Waals surface area contributed by atoms with Crippen molar-refractivity contribution >= 4 is 23.2 Å². The number of benzene rings is 1. The highest BCUT2D eigenvalue weighted by molar-refractivity contribution is 5.97. The zero-order valence-corrected chi connectivity index (χ0v) is 12.4. The van der Waals surface area contributed by atoms with Crippen molar-refractivity contribution in [2.75, 3.05) is 24.3 Å². The van der Waals surface area contributed by atoms with Gasteiger partial charge in [-0.15, -0.1) is 0 Å². The first-order valence-electron chi connectivity index (χ1n) is 7.10. The van der Waals surface area contributed by atoms with Gasteiger partial charge in [-0.25, -0.2) is 0 Å². The second-order valence-corrected chi connectivity index (χ2v) is 5.09. The molecule has 1 heterocycles. The lowest BCUT2D eigenvalue weighted by Crippen LogP contribution is -2.43. The fourth-order valence-corrected chi connectivity index (χ4v) is 2.38. The number of anilines is 2. The second kappa shape index (κ2) is 7.08. The molecular weight excluding hydrogens is 270 g/mol. The maximum atomic E-state index is 12.3. The van der Waals surface area contributed by atoms with E-state index in [-0.39, 0.29) is 17.9 Å². The van der Waals surface area contributed by atoms with E-state index in [9.17, 15) is 9.59 Å². The third-order valence-corrected chi connectivity index (χ3v) is 3.40. The number of carbonyl (C=O) groups is 2. The summed E-state index contributed by atoms with van der Waals surface area (Å²) in [4.78, 5) is 23.4. The van der Waals surface area contributed by atoms with Crippen LogP contribution in [0.3, 0.4) is 0 Å². The zero-order valence-electron chi connectivity index (χ0n) is 12.4. The first kappa shape index (κ1) is 15.3. The molecule has 0 radical (unpaired) electrons. The van der Waals surface area contributed by atoms with Crippen LogP contribution in [0.5, 0.6) is 5.75 Å². The summed E-state index contributed by atoms with van der Waals surface area (Å²) in [5.41, 5.74) is 1.18. The Labute approximate surface area is 124 Å². The van der Waals surface area contributed by atoms with Gasteiger partial charge in [0.05, 0.1) is 18.8 Å². The van der Waals surface area contributed by atoms with Crippen molar-refractivity contribution in [3.05, 3.63) is 18.2 Å². The number of rotatable bonds is 4. The number of hydrogen-bond acceptors (Lipinski definition) is 4. The van der Waals surface area contributed by atoms with Gasteiger partial charge in [0.2, 0.25) is 11.8 Å². The molecule has 0 bridgehead atoms. The summed E-state index contributed by atoms with van der Waals surface area (Å²) in [6, 6.07) is 4.97. The Bertz CT molecular complexity index is 525. The molecule has 2 amide bonds. The van der Waals surface area contributed by atoms with Gasteiger partial charge in [0.15, 0.2) is 0 Å². The first-order chi connectivity index (χ1) is 10.1. The number of ether oxygens (including phenoxy) is 1. The highest BCUT2D eigenvalue weighted by atomic mass is 16.5. The molecule has 1 aromatic rings. The van der Waals surface area contributed by atoms with Gasteiger partial charge in [-0.3, -0.25) is 9.59 Å². The Balaban J connectivity index is 2.12. The van der Waals surface area contributed by atoms with E-state index in [4.69, 9.17) is 4.74 Å². The van der Waals surface area contributed by atoms with E-state index in [2.05, 4.69) is 16.0 Å². The fourth-order valence-electron chi connectivity index (χ4n) is 2.38. The normalized spacial score (nSPS) is 17.9. The van der Waals surface area contributed by atoms with Gasteiger partial charge in [0.1, 0.15) is 5.75 Å². The number of amides is 2. The molecule has 1 atom stereocenters. The SMILES string of the molecule is COc1ccc(NC(C)=O)cc1NC(=O)[C@@H]1CCCCN1. The lowest BCUT2D eigenvalue weighted by Gasteiger charge is -2.23. The molecule has 21 heavy (non-hydrogen) atoms. The molecule has 1 aliphatic rings. The molecule has 0 unspecified atom stereocenters. The summed E-state index contributed by atoms with van der Waals surface area (Å²) < 4.78 is 5.25. The highest BCUT2D eigenvalue weighted by Gasteiger charge is 2.21. The van der Waals surface area contributed by atoms with Crippen LogP contribution < -0.4 is 20.7 Å². The van der Waals surface area contributed by atoms with Crippen LogP contribution in [-0.4, -0.2) is 31.5 Å². The van der Waals surface area contributed by atoms with Gasteiger partial charge in [-0.1, -0.05) is 6.42 Å². The standard InChI is InChI=1S/C15H21N3O3/c1-10(19)17-11-6-7-14(21-2)13(9-11)18-15(20)12-5-3-4-8-16-12/h6-7,9,12,16H,3-5,8H2,1-2H3,(H,17,19)(H,18,20)/t12-/m0/s1. The van der Waals surface area contributed by atoms with Crippen LogP contribution >= 0.6 is 0 Å². The van der Waals surface area contributed by atoms with E-state index in [1.807, 2.05) is 0 Å². The van der Waals surface area contributed by atoms with Crippen LogP contribution in [0.2, 0.25) is 0 Å². The fraction of sp³-hybridized carbons (Fsp3) is 0.467. The zero-order chi connectivity index (χ0) is 15.2. The molecule has 0 spiro atoms. The lowest BCUT2D eigenvalue weighted by molar-refractivity contribution is -0.118. The van der Waals surface area contributed by atoms with Crippen molar-refractivity contribution < 1.29 is 14.3 Å². The van der Waals surface area contributed by atoms with Crippen molar-refractivity contribution in [3.8, 4) is 5.75 Å². The monoisotopic (exact) mass is 291 g/mol. The van der Waals surface area contributed by atoms with Crippen LogP contribution in [0, 0.1) is 0 Å². The van der Waals surface area contributed by atoms with Crippen molar-refractivity contribution in [2.45, 2.75) is 32.2 Å².